The summed E-state index contributed by atoms with van der Waals surface area (Å²) in [7, 11) is 0. The molecule has 21 heavy (non-hydrogen) atoms. The number of rotatable bonds is 3. The van der Waals surface area contributed by atoms with E-state index in [-0.39, 0.29) is 31.2 Å². The molecule has 0 spiro atoms. The molecule has 0 unspecified atom stereocenters. The van der Waals surface area contributed by atoms with Crippen molar-refractivity contribution in [3.63, 3.8) is 0 Å². The molecule has 1 saturated heterocycles. The van der Waals surface area contributed by atoms with Gasteiger partial charge in [0.2, 0.25) is 0 Å². The molecule has 0 radical (unpaired) electrons. The molecule has 2 aliphatic heterocycles. The number of carbonyl (C=O) groups is 3. The lowest BCUT2D eigenvalue weighted by Gasteiger charge is -2.21. The number of benzene rings is 1. The Morgan fingerprint density at radius 2 is 2.10 bits per heavy atom. The van der Waals surface area contributed by atoms with E-state index >= 15 is 0 Å². The first-order valence-electron chi connectivity index (χ1n) is 6.64. The molecule has 110 valence electrons. The fourth-order valence-corrected chi connectivity index (χ4v) is 2.61. The van der Waals surface area contributed by atoms with Crippen molar-refractivity contribution in [3.8, 4) is 0 Å². The molecule has 0 atom stereocenters. The molecule has 1 aromatic rings. The van der Waals surface area contributed by atoms with Crippen LogP contribution in [-0.2, 0) is 16.0 Å². The number of anilines is 1. The Kier molecular flexibility index (Phi) is 3.25. The molecule has 0 aliphatic carbocycles. The summed E-state index contributed by atoms with van der Waals surface area (Å²) in [6.07, 6.45) is 0.145. The maximum Gasteiger partial charge on any atom is 0.416 e. The van der Waals surface area contributed by atoms with Gasteiger partial charge >= 0.3 is 12.1 Å². The minimum Gasteiger partial charge on any atom is -0.478 e. The van der Waals surface area contributed by atoms with E-state index in [9.17, 15) is 14.4 Å². The monoisotopic (exact) mass is 290 g/mol. The zero-order valence-corrected chi connectivity index (χ0v) is 11.2. The maximum absolute atomic E-state index is 12.1. The van der Waals surface area contributed by atoms with Gasteiger partial charge in [0.25, 0.3) is 5.91 Å². The zero-order valence-electron chi connectivity index (χ0n) is 11.2. The number of fused-ring (bicyclic) bond motifs is 1. The summed E-state index contributed by atoms with van der Waals surface area (Å²) in [5, 5.41) is 9.04. The van der Waals surface area contributed by atoms with Gasteiger partial charge in [-0.3, -0.25) is 4.79 Å². The number of aromatic carboxylic acids is 1. The van der Waals surface area contributed by atoms with Crippen molar-refractivity contribution in [1.29, 1.82) is 0 Å². The van der Waals surface area contributed by atoms with Crippen LogP contribution in [0.25, 0.3) is 0 Å². The summed E-state index contributed by atoms with van der Waals surface area (Å²) in [5.41, 5.74) is 1.95. The molecule has 2 heterocycles. The molecule has 1 N–H and O–H groups in total. The summed E-state index contributed by atoms with van der Waals surface area (Å²) in [4.78, 5) is 37.4. The lowest BCUT2D eigenvalue weighted by molar-refractivity contribution is -0.126. The van der Waals surface area contributed by atoms with Crippen LogP contribution in [0.2, 0.25) is 0 Å². The van der Waals surface area contributed by atoms with Gasteiger partial charge in [-0.1, -0.05) is 6.07 Å². The van der Waals surface area contributed by atoms with Gasteiger partial charge in [0, 0.05) is 12.2 Å². The van der Waals surface area contributed by atoms with E-state index in [0.717, 1.165) is 22.6 Å². The second-order valence-electron chi connectivity index (χ2n) is 4.98. The van der Waals surface area contributed by atoms with Crippen LogP contribution in [0, 0.1) is 0 Å². The zero-order chi connectivity index (χ0) is 15.0. The summed E-state index contributed by atoms with van der Waals surface area (Å²) in [6, 6.07) is 4.90. The molecule has 2 amide bonds. The first-order chi connectivity index (χ1) is 10.1. The third-order valence-corrected chi connectivity index (χ3v) is 3.71. The van der Waals surface area contributed by atoms with Crippen LogP contribution in [0.3, 0.4) is 0 Å². The summed E-state index contributed by atoms with van der Waals surface area (Å²) >= 11 is 0. The Balaban J connectivity index is 1.77. The normalized spacial score (nSPS) is 16.9. The molecule has 3 rings (SSSR count). The SMILES string of the molecule is O=C(O)c1ccc2c(c1)N(CC(=O)N1CCOC1=O)CC2. The van der Waals surface area contributed by atoms with Crippen LogP contribution in [0.5, 0.6) is 0 Å². The molecule has 2 aliphatic rings. The first kappa shape index (κ1) is 13.4. The second-order valence-corrected chi connectivity index (χ2v) is 4.98. The molecule has 0 aromatic heterocycles. The highest BCUT2D eigenvalue weighted by Gasteiger charge is 2.31. The van der Waals surface area contributed by atoms with Crippen molar-refractivity contribution >= 4 is 23.7 Å². The van der Waals surface area contributed by atoms with Crippen molar-refractivity contribution in [1.82, 2.24) is 4.90 Å². The number of carbonyl (C=O) groups excluding carboxylic acids is 2. The molecule has 7 heteroatoms. The second kappa shape index (κ2) is 5.08. The topological polar surface area (TPSA) is 87.2 Å². The maximum atomic E-state index is 12.1. The van der Waals surface area contributed by atoms with Crippen molar-refractivity contribution in [2.45, 2.75) is 6.42 Å². The van der Waals surface area contributed by atoms with Crippen LogP contribution in [0.15, 0.2) is 18.2 Å². The Morgan fingerprint density at radius 3 is 2.76 bits per heavy atom. The largest absolute Gasteiger partial charge is 0.478 e. The molecular weight excluding hydrogens is 276 g/mol. The van der Waals surface area contributed by atoms with E-state index in [1.165, 1.54) is 0 Å². The molecule has 1 fully saturated rings. The van der Waals surface area contributed by atoms with Crippen molar-refractivity contribution in [2.75, 3.05) is 31.1 Å². The molecular formula is C14H14N2O5. The van der Waals surface area contributed by atoms with Gasteiger partial charge in [-0.25, -0.2) is 14.5 Å². The van der Waals surface area contributed by atoms with E-state index in [2.05, 4.69) is 0 Å². The van der Waals surface area contributed by atoms with Gasteiger partial charge in [0.05, 0.1) is 18.7 Å². The Bertz CT molecular complexity index is 628. The molecule has 1 aromatic carbocycles. The lowest BCUT2D eigenvalue weighted by Crippen LogP contribution is -2.40. The Labute approximate surface area is 120 Å². The van der Waals surface area contributed by atoms with Gasteiger partial charge in [0.15, 0.2) is 0 Å². The quantitative estimate of drug-likeness (QED) is 0.883. The molecule has 0 bridgehead atoms. The van der Waals surface area contributed by atoms with Gasteiger partial charge in [-0.05, 0) is 24.1 Å². The van der Waals surface area contributed by atoms with Crippen LogP contribution in [0.1, 0.15) is 15.9 Å². The fourth-order valence-electron chi connectivity index (χ4n) is 2.61. The predicted molar refractivity (Wildman–Crippen MR) is 72.4 cm³/mol. The van der Waals surface area contributed by atoms with Crippen molar-refractivity contribution in [2.24, 2.45) is 0 Å². The van der Waals surface area contributed by atoms with Gasteiger partial charge in [-0.2, -0.15) is 0 Å². The standard InChI is InChI=1S/C14H14N2O5/c17-12(16-5-6-21-14(16)20)8-15-4-3-9-1-2-10(13(18)19)7-11(9)15/h1-2,7H,3-6,8H2,(H,18,19). The Morgan fingerprint density at radius 1 is 1.29 bits per heavy atom. The molecule has 0 saturated carbocycles. The van der Waals surface area contributed by atoms with Gasteiger partial charge in [-0.15, -0.1) is 0 Å². The highest BCUT2D eigenvalue weighted by Crippen LogP contribution is 2.29. The van der Waals surface area contributed by atoms with Gasteiger partial charge in [0.1, 0.15) is 6.61 Å². The summed E-state index contributed by atoms with van der Waals surface area (Å²) in [5.74, 6) is -1.33. The minimum absolute atomic E-state index is 0.0468. The van der Waals surface area contributed by atoms with E-state index in [4.69, 9.17) is 9.84 Å². The number of carboxylic acids is 1. The fraction of sp³-hybridized carbons (Fsp3) is 0.357. The number of cyclic esters (lactones) is 1. The van der Waals surface area contributed by atoms with E-state index in [0.29, 0.717) is 6.54 Å². The van der Waals surface area contributed by atoms with E-state index in [1.807, 2.05) is 0 Å². The van der Waals surface area contributed by atoms with E-state index in [1.54, 1.807) is 23.1 Å². The van der Waals surface area contributed by atoms with Crippen LogP contribution < -0.4 is 4.90 Å². The number of nitrogens with zero attached hydrogens (tertiary/aromatic N) is 2. The number of hydrogen-bond acceptors (Lipinski definition) is 5. The number of ether oxygens (including phenoxy) is 1. The number of carboxylic acid groups (broad SMARTS) is 1. The number of hydrogen-bond donors (Lipinski definition) is 1. The smallest absolute Gasteiger partial charge is 0.416 e. The Hall–Kier alpha value is -2.57. The minimum atomic E-state index is -1.00. The predicted octanol–water partition coefficient (Wildman–Crippen LogP) is 0.726. The van der Waals surface area contributed by atoms with Crippen molar-refractivity contribution < 1.29 is 24.2 Å². The van der Waals surface area contributed by atoms with E-state index < -0.39 is 12.1 Å². The highest BCUT2D eigenvalue weighted by molar-refractivity contribution is 5.96. The average molecular weight is 290 g/mol. The molecule has 7 nitrogen and oxygen atoms in total. The lowest BCUT2D eigenvalue weighted by atomic mass is 10.1. The van der Waals surface area contributed by atoms with Crippen molar-refractivity contribution in [3.05, 3.63) is 29.3 Å². The highest BCUT2D eigenvalue weighted by atomic mass is 16.6. The van der Waals surface area contributed by atoms with Gasteiger partial charge < -0.3 is 14.7 Å². The average Bonchev–Trinajstić information content (AvgIpc) is 3.05. The third-order valence-electron chi connectivity index (χ3n) is 3.71. The van der Waals surface area contributed by atoms with Crippen LogP contribution in [0.4, 0.5) is 10.5 Å². The summed E-state index contributed by atoms with van der Waals surface area (Å²) in [6.45, 7) is 1.18. The third kappa shape index (κ3) is 2.42. The van der Waals surface area contributed by atoms with Crippen LogP contribution in [-0.4, -0.2) is 54.2 Å². The summed E-state index contributed by atoms with van der Waals surface area (Å²) < 4.78 is 4.74. The number of amides is 2. The first-order valence-corrected chi connectivity index (χ1v) is 6.64. The number of imide groups is 1. The van der Waals surface area contributed by atoms with Crippen LogP contribution >= 0.6 is 0 Å².